The van der Waals surface area contributed by atoms with Crippen molar-refractivity contribution in [2.24, 2.45) is 21.9 Å². The molecule has 1 aromatic heterocycles. The molecule has 0 aliphatic heterocycles. The predicted molar refractivity (Wildman–Crippen MR) is 102 cm³/mol. The second kappa shape index (κ2) is 9.39. The van der Waals surface area contributed by atoms with Crippen molar-refractivity contribution < 1.29 is 14.3 Å². The maximum Gasteiger partial charge on any atom is 0.311 e. The summed E-state index contributed by atoms with van der Waals surface area (Å²) >= 11 is 0. The fourth-order valence-corrected chi connectivity index (χ4v) is 2.05. The molecule has 0 saturated carbocycles. The van der Waals surface area contributed by atoms with Gasteiger partial charge in [-0.3, -0.25) is 9.59 Å². The van der Waals surface area contributed by atoms with Gasteiger partial charge in [0, 0.05) is 6.42 Å². The van der Waals surface area contributed by atoms with E-state index < -0.39 is 0 Å². The number of hydrogen-bond acceptors (Lipinski definition) is 8. The van der Waals surface area contributed by atoms with Gasteiger partial charge in [0.1, 0.15) is 17.2 Å². The number of para-hydroxylation sites is 1. The number of nitrogen functional groups attached to an aromatic ring is 1. The van der Waals surface area contributed by atoms with Gasteiger partial charge in [-0.2, -0.15) is 0 Å². The normalized spacial score (nSPS) is 11.0. The van der Waals surface area contributed by atoms with Crippen LogP contribution in [0.15, 0.2) is 46.6 Å². The molecular formula is C18H22N6O3. The van der Waals surface area contributed by atoms with Crippen LogP contribution in [0, 0.1) is 5.92 Å². The Morgan fingerprint density at radius 2 is 1.85 bits per heavy atom. The molecule has 142 valence electrons. The van der Waals surface area contributed by atoms with E-state index in [1.165, 1.54) is 6.07 Å². The molecule has 0 aliphatic carbocycles. The average molecular weight is 370 g/mol. The Balaban J connectivity index is 2.16. The van der Waals surface area contributed by atoms with E-state index in [-0.39, 0.29) is 36.0 Å². The van der Waals surface area contributed by atoms with E-state index in [0.29, 0.717) is 23.5 Å². The van der Waals surface area contributed by atoms with Crippen LogP contribution >= 0.6 is 0 Å². The number of nitrogens with zero attached hydrogens (tertiary/aromatic N) is 3. The number of rotatable bonds is 7. The Morgan fingerprint density at radius 3 is 2.52 bits per heavy atom. The van der Waals surface area contributed by atoms with Crippen molar-refractivity contribution in [2.45, 2.75) is 20.3 Å². The smallest absolute Gasteiger partial charge is 0.311 e. The fraction of sp³-hybridized carbons (Fsp3) is 0.278. The molecule has 0 fully saturated rings. The molecule has 2 rings (SSSR count). The summed E-state index contributed by atoms with van der Waals surface area (Å²) in [5, 5.41) is 10.6. The SMILES string of the molecule is CC(C)CC(=O)Oc1ccccc1/N=N/c1ccc(NC(=O)CN)nc1N. The van der Waals surface area contributed by atoms with Gasteiger partial charge in [-0.05, 0) is 30.2 Å². The van der Waals surface area contributed by atoms with E-state index in [4.69, 9.17) is 16.2 Å². The van der Waals surface area contributed by atoms with Gasteiger partial charge in [-0.15, -0.1) is 10.2 Å². The number of nitrogens with two attached hydrogens (primary N) is 2. The van der Waals surface area contributed by atoms with Gasteiger partial charge >= 0.3 is 5.97 Å². The highest BCUT2D eigenvalue weighted by Crippen LogP contribution is 2.31. The molecule has 0 unspecified atom stereocenters. The second-order valence-corrected chi connectivity index (χ2v) is 6.09. The monoisotopic (exact) mass is 370 g/mol. The number of nitrogens with one attached hydrogen (secondary N) is 1. The molecule has 1 aromatic carbocycles. The number of anilines is 2. The number of ether oxygens (including phenoxy) is 1. The number of azo groups is 1. The van der Waals surface area contributed by atoms with Crippen LogP contribution in [-0.2, 0) is 9.59 Å². The van der Waals surface area contributed by atoms with Crippen LogP contribution < -0.4 is 21.5 Å². The van der Waals surface area contributed by atoms with E-state index in [0.717, 1.165) is 0 Å². The van der Waals surface area contributed by atoms with Crippen molar-refractivity contribution in [3.63, 3.8) is 0 Å². The van der Waals surface area contributed by atoms with Crippen molar-refractivity contribution in [2.75, 3.05) is 17.6 Å². The van der Waals surface area contributed by atoms with Gasteiger partial charge in [-0.25, -0.2) is 4.98 Å². The first-order valence-corrected chi connectivity index (χ1v) is 8.37. The van der Waals surface area contributed by atoms with Gasteiger partial charge in [0.2, 0.25) is 5.91 Å². The first-order chi connectivity index (χ1) is 12.9. The number of esters is 1. The van der Waals surface area contributed by atoms with Crippen LogP contribution in [0.4, 0.5) is 23.0 Å². The summed E-state index contributed by atoms with van der Waals surface area (Å²) < 4.78 is 5.35. The van der Waals surface area contributed by atoms with Crippen molar-refractivity contribution in [3.05, 3.63) is 36.4 Å². The molecule has 0 spiro atoms. The number of carbonyl (C=O) groups excluding carboxylic acids is 2. The summed E-state index contributed by atoms with van der Waals surface area (Å²) in [7, 11) is 0. The van der Waals surface area contributed by atoms with Crippen LogP contribution in [0.3, 0.4) is 0 Å². The first kappa shape index (κ1) is 20.0. The first-order valence-electron chi connectivity index (χ1n) is 8.37. The highest BCUT2D eigenvalue weighted by molar-refractivity contribution is 5.91. The molecule has 0 radical (unpaired) electrons. The van der Waals surface area contributed by atoms with E-state index in [9.17, 15) is 9.59 Å². The molecule has 0 atom stereocenters. The number of pyridine rings is 1. The molecular weight excluding hydrogens is 348 g/mol. The average Bonchev–Trinajstić information content (AvgIpc) is 2.61. The zero-order valence-corrected chi connectivity index (χ0v) is 15.2. The lowest BCUT2D eigenvalue weighted by Crippen LogP contribution is -2.22. The molecule has 9 nitrogen and oxygen atoms in total. The Hall–Kier alpha value is -3.33. The van der Waals surface area contributed by atoms with Gasteiger partial charge < -0.3 is 21.5 Å². The third kappa shape index (κ3) is 6.15. The van der Waals surface area contributed by atoms with Crippen LogP contribution in [-0.4, -0.2) is 23.4 Å². The van der Waals surface area contributed by atoms with E-state index in [2.05, 4.69) is 20.5 Å². The largest absolute Gasteiger partial charge is 0.424 e. The van der Waals surface area contributed by atoms with E-state index in [1.807, 2.05) is 13.8 Å². The lowest BCUT2D eigenvalue weighted by atomic mass is 10.1. The summed E-state index contributed by atoms with van der Waals surface area (Å²) in [6.07, 6.45) is 0.304. The Morgan fingerprint density at radius 1 is 1.15 bits per heavy atom. The standard InChI is InChI=1S/C18H22N6O3/c1-11(2)9-17(26)27-14-6-4-3-5-12(14)23-24-13-7-8-15(22-18(13)20)21-16(25)10-19/h3-8,11H,9-10,19H2,1-2H3,(H3,20,21,22,25)/b24-23+. The van der Waals surface area contributed by atoms with Gasteiger partial charge in [0.25, 0.3) is 0 Å². The maximum atomic E-state index is 11.9. The predicted octanol–water partition coefficient (Wildman–Crippen LogP) is 2.93. The second-order valence-electron chi connectivity index (χ2n) is 6.09. The molecule has 27 heavy (non-hydrogen) atoms. The fourth-order valence-electron chi connectivity index (χ4n) is 2.05. The van der Waals surface area contributed by atoms with Crippen LogP contribution in [0.5, 0.6) is 5.75 Å². The van der Waals surface area contributed by atoms with Gasteiger partial charge in [0.15, 0.2) is 11.6 Å². The van der Waals surface area contributed by atoms with Gasteiger partial charge in [-0.1, -0.05) is 26.0 Å². The Kier molecular flexibility index (Phi) is 6.95. The Labute approximate surface area is 156 Å². The van der Waals surface area contributed by atoms with E-state index in [1.54, 1.807) is 30.3 Å². The lowest BCUT2D eigenvalue weighted by Gasteiger charge is -2.08. The summed E-state index contributed by atoms with van der Waals surface area (Å²) in [6, 6.07) is 9.89. The highest BCUT2D eigenvalue weighted by Gasteiger charge is 2.11. The molecule has 1 amide bonds. The van der Waals surface area contributed by atoms with Crippen molar-refractivity contribution in [1.82, 2.24) is 4.98 Å². The molecule has 5 N–H and O–H groups in total. The third-order valence-corrected chi connectivity index (χ3v) is 3.28. The number of benzene rings is 1. The molecule has 2 aromatic rings. The lowest BCUT2D eigenvalue weighted by molar-refractivity contribution is -0.135. The number of aromatic nitrogens is 1. The highest BCUT2D eigenvalue weighted by atomic mass is 16.5. The molecule has 1 heterocycles. The van der Waals surface area contributed by atoms with Crippen molar-refractivity contribution >= 4 is 34.9 Å². The topological polar surface area (TPSA) is 145 Å². The maximum absolute atomic E-state index is 11.9. The number of carbonyl (C=O) groups is 2. The van der Waals surface area contributed by atoms with E-state index >= 15 is 0 Å². The zero-order valence-electron chi connectivity index (χ0n) is 15.2. The number of amides is 1. The summed E-state index contributed by atoms with van der Waals surface area (Å²) in [5.74, 6) is 0.135. The van der Waals surface area contributed by atoms with Crippen molar-refractivity contribution in [1.29, 1.82) is 0 Å². The zero-order chi connectivity index (χ0) is 19.8. The third-order valence-electron chi connectivity index (χ3n) is 3.28. The van der Waals surface area contributed by atoms with Crippen LogP contribution in [0.1, 0.15) is 20.3 Å². The summed E-state index contributed by atoms with van der Waals surface area (Å²) in [5.41, 5.74) is 11.8. The minimum atomic E-state index is -0.381. The quantitative estimate of drug-likeness (QED) is 0.388. The molecule has 0 aliphatic rings. The molecule has 0 bridgehead atoms. The summed E-state index contributed by atoms with van der Waals surface area (Å²) in [6.45, 7) is 3.71. The van der Waals surface area contributed by atoms with Crippen molar-refractivity contribution in [3.8, 4) is 5.75 Å². The van der Waals surface area contributed by atoms with Gasteiger partial charge in [0.05, 0.1) is 6.54 Å². The summed E-state index contributed by atoms with van der Waals surface area (Å²) in [4.78, 5) is 27.2. The molecule has 0 saturated heterocycles. The van der Waals surface area contributed by atoms with Crippen LogP contribution in [0.2, 0.25) is 0 Å². The minimum Gasteiger partial charge on any atom is -0.424 e. The minimum absolute atomic E-state index is 0.0860. The van der Waals surface area contributed by atoms with Crippen LogP contribution in [0.25, 0.3) is 0 Å². The number of hydrogen-bond donors (Lipinski definition) is 3. The Bertz CT molecular complexity index is 851. The molecule has 9 heteroatoms.